The second kappa shape index (κ2) is 10.5. The van der Waals surface area contributed by atoms with Gasteiger partial charge < -0.3 is 5.32 Å². The van der Waals surface area contributed by atoms with Crippen LogP contribution in [0, 0.1) is 13.8 Å². The summed E-state index contributed by atoms with van der Waals surface area (Å²) in [6.07, 6.45) is 4.05. The molecular formula is C25H35N3O3S. The van der Waals surface area contributed by atoms with Crippen molar-refractivity contribution in [2.75, 3.05) is 23.7 Å². The van der Waals surface area contributed by atoms with E-state index in [0.717, 1.165) is 42.6 Å². The van der Waals surface area contributed by atoms with Gasteiger partial charge in [-0.2, -0.15) is 0 Å². The number of hydrogen-bond donors (Lipinski definition) is 1. The first-order valence-corrected chi connectivity index (χ1v) is 13.2. The van der Waals surface area contributed by atoms with E-state index in [9.17, 15) is 13.2 Å². The quantitative estimate of drug-likeness (QED) is 0.623. The van der Waals surface area contributed by atoms with E-state index in [0.29, 0.717) is 18.7 Å². The van der Waals surface area contributed by atoms with Crippen molar-refractivity contribution in [3.05, 3.63) is 64.7 Å². The molecule has 0 spiro atoms. The molecule has 0 unspecified atom stereocenters. The van der Waals surface area contributed by atoms with E-state index in [4.69, 9.17) is 0 Å². The molecule has 1 heterocycles. The maximum Gasteiger partial charge on any atom is 0.244 e. The van der Waals surface area contributed by atoms with Gasteiger partial charge in [-0.3, -0.25) is 14.0 Å². The topological polar surface area (TPSA) is 69.7 Å². The van der Waals surface area contributed by atoms with Crippen LogP contribution < -0.4 is 9.62 Å². The van der Waals surface area contributed by atoms with Crippen LogP contribution in [0.5, 0.6) is 0 Å². The second-order valence-corrected chi connectivity index (χ2v) is 10.7. The molecule has 1 fully saturated rings. The number of benzene rings is 2. The number of rotatable bonds is 9. The normalized spacial score (nSPS) is 15.5. The molecule has 1 N–H and O–H groups in total. The molecule has 0 radical (unpaired) electrons. The summed E-state index contributed by atoms with van der Waals surface area (Å²) in [5.74, 6) is -0.288. The highest BCUT2D eigenvalue weighted by molar-refractivity contribution is 7.92. The number of carbonyl (C=O) groups excluding carboxylic acids is 1. The molecule has 32 heavy (non-hydrogen) atoms. The van der Waals surface area contributed by atoms with Gasteiger partial charge in [0.15, 0.2) is 0 Å². The van der Waals surface area contributed by atoms with Crippen molar-refractivity contribution >= 4 is 21.6 Å². The van der Waals surface area contributed by atoms with E-state index in [-0.39, 0.29) is 5.91 Å². The molecule has 0 aliphatic carbocycles. The van der Waals surface area contributed by atoms with Gasteiger partial charge in [-0.15, -0.1) is 0 Å². The Kier molecular flexibility index (Phi) is 7.96. The van der Waals surface area contributed by atoms with E-state index in [1.807, 2.05) is 51.1 Å². The Labute approximate surface area is 192 Å². The van der Waals surface area contributed by atoms with E-state index < -0.39 is 16.1 Å². The van der Waals surface area contributed by atoms with Gasteiger partial charge in [-0.25, -0.2) is 8.42 Å². The first kappa shape index (κ1) is 24.3. The predicted octanol–water partition coefficient (Wildman–Crippen LogP) is 3.76. The molecule has 0 aromatic heterocycles. The van der Waals surface area contributed by atoms with Gasteiger partial charge in [0.2, 0.25) is 15.9 Å². The second-order valence-electron chi connectivity index (χ2n) is 8.79. The first-order chi connectivity index (χ1) is 15.2. The monoisotopic (exact) mass is 457 g/mol. The molecule has 1 aliphatic rings. The average Bonchev–Trinajstić information content (AvgIpc) is 3.24. The molecule has 1 atom stereocenters. The van der Waals surface area contributed by atoms with Crippen molar-refractivity contribution in [2.24, 2.45) is 0 Å². The molecule has 0 saturated carbocycles. The number of carbonyl (C=O) groups is 1. The fourth-order valence-electron chi connectivity index (χ4n) is 4.34. The molecule has 174 valence electrons. The van der Waals surface area contributed by atoms with Gasteiger partial charge >= 0.3 is 0 Å². The van der Waals surface area contributed by atoms with Crippen LogP contribution in [-0.4, -0.2) is 44.6 Å². The van der Waals surface area contributed by atoms with Crippen molar-refractivity contribution in [1.29, 1.82) is 0 Å². The largest absolute Gasteiger partial charge is 0.350 e. The Morgan fingerprint density at radius 3 is 2.44 bits per heavy atom. The van der Waals surface area contributed by atoms with E-state index >= 15 is 0 Å². The number of nitrogens with zero attached hydrogens (tertiary/aromatic N) is 2. The summed E-state index contributed by atoms with van der Waals surface area (Å²) in [6.45, 7) is 9.19. The minimum Gasteiger partial charge on any atom is -0.350 e. The van der Waals surface area contributed by atoms with Gasteiger partial charge in [0.25, 0.3) is 0 Å². The first-order valence-electron chi connectivity index (χ1n) is 11.3. The maximum absolute atomic E-state index is 13.1. The third kappa shape index (κ3) is 6.11. The zero-order chi connectivity index (χ0) is 23.3. The number of sulfonamides is 1. The highest BCUT2D eigenvalue weighted by Crippen LogP contribution is 2.27. The summed E-state index contributed by atoms with van der Waals surface area (Å²) in [7, 11) is -3.65. The van der Waals surface area contributed by atoms with Crippen LogP contribution in [0.15, 0.2) is 42.5 Å². The van der Waals surface area contributed by atoms with Crippen molar-refractivity contribution in [3.63, 3.8) is 0 Å². The van der Waals surface area contributed by atoms with E-state index in [2.05, 4.69) is 22.3 Å². The number of nitrogens with one attached hydrogen (secondary N) is 1. The van der Waals surface area contributed by atoms with Crippen LogP contribution in [0.3, 0.4) is 0 Å². The third-order valence-corrected chi connectivity index (χ3v) is 7.16. The average molecular weight is 458 g/mol. The van der Waals surface area contributed by atoms with Gasteiger partial charge in [0.1, 0.15) is 6.04 Å². The number of amides is 1. The smallest absolute Gasteiger partial charge is 0.244 e. The molecule has 0 bridgehead atoms. The molecule has 7 heteroatoms. The Bertz CT molecular complexity index is 1050. The highest BCUT2D eigenvalue weighted by Gasteiger charge is 2.32. The SMILES string of the molecule is CC[C@H](C(=O)NCc1cccc(CN2CCCC2)c1)N(c1cc(C)ccc1C)S(C)(=O)=O. The number of aryl methyl sites for hydroxylation is 2. The molecular weight excluding hydrogens is 422 g/mol. The highest BCUT2D eigenvalue weighted by atomic mass is 32.2. The van der Waals surface area contributed by atoms with Crippen LogP contribution in [0.1, 0.15) is 48.4 Å². The van der Waals surface area contributed by atoms with Crippen LogP contribution >= 0.6 is 0 Å². The Hall–Kier alpha value is -2.38. The number of anilines is 1. The lowest BCUT2D eigenvalue weighted by Crippen LogP contribution is -2.49. The Balaban J connectivity index is 1.75. The zero-order valence-corrected chi connectivity index (χ0v) is 20.4. The van der Waals surface area contributed by atoms with Crippen molar-refractivity contribution < 1.29 is 13.2 Å². The van der Waals surface area contributed by atoms with Crippen LogP contribution in [0.2, 0.25) is 0 Å². The van der Waals surface area contributed by atoms with E-state index in [1.54, 1.807) is 0 Å². The zero-order valence-electron chi connectivity index (χ0n) is 19.6. The lowest BCUT2D eigenvalue weighted by atomic mass is 10.1. The summed E-state index contributed by atoms with van der Waals surface area (Å²) in [6, 6.07) is 13.1. The molecule has 2 aromatic carbocycles. The maximum atomic E-state index is 13.1. The van der Waals surface area contributed by atoms with E-state index in [1.165, 1.54) is 22.7 Å². The van der Waals surface area contributed by atoms with Crippen LogP contribution in [-0.2, 0) is 27.9 Å². The van der Waals surface area contributed by atoms with Crippen molar-refractivity contribution in [3.8, 4) is 0 Å². The summed E-state index contributed by atoms with van der Waals surface area (Å²) in [5.41, 5.74) is 4.58. The summed E-state index contributed by atoms with van der Waals surface area (Å²) < 4.78 is 26.7. The predicted molar refractivity (Wildman–Crippen MR) is 130 cm³/mol. The lowest BCUT2D eigenvalue weighted by molar-refractivity contribution is -0.122. The molecule has 3 rings (SSSR count). The van der Waals surface area contributed by atoms with Gasteiger partial charge in [-0.05, 0) is 74.5 Å². The Morgan fingerprint density at radius 2 is 1.78 bits per heavy atom. The lowest BCUT2D eigenvalue weighted by Gasteiger charge is -2.31. The third-order valence-electron chi connectivity index (χ3n) is 5.99. The fourth-order valence-corrected chi connectivity index (χ4v) is 5.60. The molecule has 2 aromatic rings. The number of likely N-dealkylation sites (tertiary alicyclic amines) is 1. The fraction of sp³-hybridized carbons (Fsp3) is 0.480. The standard InChI is InChI=1S/C25H35N3O3S/c1-5-23(28(32(4,30)31)24-15-19(2)11-12-20(24)3)25(29)26-17-21-9-8-10-22(16-21)18-27-13-6-7-14-27/h8-12,15-16,23H,5-7,13-14,17-18H2,1-4H3,(H,26,29)/t23-/m1/s1. The minimum atomic E-state index is -3.65. The molecule has 1 aliphatic heterocycles. The van der Waals surface area contributed by atoms with Gasteiger partial charge in [0.05, 0.1) is 11.9 Å². The summed E-state index contributed by atoms with van der Waals surface area (Å²) >= 11 is 0. The molecule has 1 amide bonds. The Morgan fingerprint density at radius 1 is 1.09 bits per heavy atom. The van der Waals surface area contributed by atoms with Crippen LogP contribution in [0.25, 0.3) is 0 Å². The van der Waals surface area contributed by atoms with Crippen molar-refractivity contribution in [1.82, 2.24) is 10.2 Å². The minimum absolute atomic E-state index is 0.288. The van der Waals surface area contributed by atoms with Gasteiger partial charge in [0, 0.05) is 13.1 Å². The van der Waals surface area contributed by atoms with Crippen LogP contribution in [0.4, 0.5) is 5.69 Å². The molecule has 1 saturated heterocycles. The van der Waals surface area contributed by atoms with Crippen molar-refractivity contribution in [2.45, 2.75) is 59.2 Å². The van der Waals surface area contributed by atoms with Gasteiger partial charge in [-0.1, -0.05) is 43.3 Å². The number of hydrogen-bond acceptors (Lipinski definition) is 4. The summed E-state index contributed by atoms with van der Waals surface area (Å²) in [4.78, 5) is 15.6. The summed E-state index contributed by atoms with van der Waals surface area (Å²) in [5, 5.41) is 2.97. The molecule has 6 nitrogen and oxygen atoms in total.